The van der Waals surface area contributed by atoms with E-state index in [4.69, 9.17) is 4.74 Å². The number of hydrogen-bond acceptors (Lipinski definition) is 3. The number of hydrogen-bond donors (Lipinski definition) is 1. The van der Waals surface area contributed by atoms with Crippen LogP contribution in [-0.2, 0) is 5.41 Å². The van der Waals surface area contributed by atoms with Crippen molar-refractivity contribution in [2.45, 2.75) is 39.5 Å². The molecule has 3 nitrogen and oxygen atoms in total. The number of methoxy groups -OCH3 is 1. The monoisotopic (exact) mass is 249 g/mol. The highest BCUT2D eigenvalue weighted by Crippen LogP contribution is 2.35. The van der Waals surface area contributed by atoms with Crippen LogP contribution >= 0.6 is 0 Å². The molecule has 0 saturated heterocycles. The Morgan fingerprint density at radius 1 is 1.33 bits per heavy atom. The number of aromatic hydroxyl groups is 1. The quantitative estimate of drug-likeness (QED) is 0.829. The maximum absolute atomic E-state index is 10.3. The summed E-state index contributed by atoms with van der Waals surface area (Å²) in [5.74, 6) is 1.04. The summed E-state index contributed by atoms with van der Waals surface area (Å²) in [4.78, 5) is 4.28. The highest BCUT2D eigenvalue weighted by Gasteiger charge is 2.21. The van der Waals surface area contributed by atoms with Crippen LogP contribution in [0, 0.1) is 0 Å². The van der Waals surface area contributed by atoms with Crippen LogP contribution < -0.4 is 4.74 Å². The minimum atomic E-state index is -0.133. The molecule has 100 valence electrons. The summed E-state index contributed by atoms with van der Waals surface area (Å²) in [5.41, 5.74) is 1.46. The van der Waals surface area contributed by atoms with Crippen molar-refractivity contribution in [3.63, 3.8) is 0 Å². The van der Waals surface area contributed by atoms with Crippen LogP contribution in [0.5, 0.6) is 11.5 Å². The van der Waals surface area contributed by atoms with E-state index >= 15 is 0 Å². The molecule has 0 aliphatic heterocycles. The molecule has 0 saturated carbocycles. The fourth-order valence-electron chi connectivity index (χ4n) is 1.71. The van der Waals surface area contributed by atoms with Crippen molar-refractivity contribution < 1.29 is 9.84 Å². The van der Waals surface area contributed by atoms with Gasteiger partial charge in [-0.1, -0.05) is 27.7 Å². The van der Waals surface area contributed by atoms with E-state index in [-0.39, 0.29) is 5.41 Å². The lowest BCUT2D eigenvalue weighted by Crippen LogP contribution is -2.12. The first kappa shape index (κ1) is 14.6. The predicted octanol–water partition coefficient (Wildman–Crippen LogP) is 3.53. The van der Waals surface area contributed by atoms with E-state index < -0.39 is 0 Å². The van der Waals surface area contributed by atoms with Gasteiger partial charge in [-0.15, -0.1) is 0 Å². The van der Waals surface area contributed by atoms with Crippen LogP contribution in [-0.4, -0.2) is 25.0 Å². The van der Waals surface area contributed by atoms with Crippen LogP contribution in [0.15, 0.2) is 17.1 Å². The lowest BCUT2D eigenvalue weighted by Gasteiger charge is -2.22. The normalized spacial score (nSPS) is 12.1. The second-order valence-electron chi connectivity index (χ2n) is 5.40. The number of benzene rings is 1. The van der Waals surface area contributed by atoms with Crippen LogP contribution in [0.3, 0.4) is 0 Å². The molecule has 3 heteroatoms. The summed E-state index contributed by atoms with van der Waals surface area (Å²) in [6.45, 7) is 9.03. The summed E-state index contributed by atoms with van der Waals surface area (Å²) < 4.78 is 5.28. The third-order valence-corrected chi connectivity index (χ3v) is 2.74. The van der Waals surface area contributed by atoms with Gasteiger partial charge in [-0.25, -0.2) is 0 Å². The molecule has 0 aliphatic rings. The van der Waals surface area contributed by atoms with E-state index in [1.54, 1.807) is 13.3 Å². The maximum atomic E-state index is 10.3. The highest BCUT2D eigenvalue weighted by atomic mass is 16.5. The zero-order chi connectivity index (χ0) is 13.8. The van der Waals surface area contributed by atoms with Crippen molar-refractivity contribution in [3.05, 3.63) is 23.3 Å². The van der Waals surface area contributed by atoms with E-state index in [2.05, 4.69) is 32.7 Å². The van der Waals surface area contributed by atoms with Gasteiger partial charge in [0.05, 0.1) is 7.11 Å². The number of phenols is 1. The molecule has 0 bridgehead atoms. The second kappa shape index (κ2) is 5.89. The van der Waals surface area contributed by atoms with Crippen molar-refractivity contribution >= 4 is 6.21 Å². The molecule has 1 aromatic rings. The molecule has 0 amide bonds. The van der Waals surface area contributed by atoms with Gasteiger partial charge in [-0.3, -0.25) is 4.99 Å². The number of phenolic OH excluding ortho intramolecular Hbond substituents is 1. The number of aliphatic imine (C=N–C) groups is 1. The average molecular weight is 249 g/mol. The van der Waals surface area contributed by atoms with Crippen molar-refractivity contribution in [1.29, 1.82) is 0 Å². The first-order chi connectivity index (χ1) is 8.40. The van der Waals surface area contributed by atoms with Gasteiger partial charge in [0.15, 0.2) is 0 Å². The topological polar surface area (TPSA) is 41.8 Å². The van der Waals surface area contributed by atoms with Gasteiger partial charge < -0.3 is 9.84 Å². The largest absolute Gasteiger partial charge is 0.507 e. The van der Waals surface area contributed by atoms with Crippen molar-refractivity contribution in [2.24, 2.45) is 4.99 Å². The minimum Gasteiger partial charge on any atom is -0.507 e. The molecule has 0 spiro atoms. The third kappa shape index (κ3) is 3.49. The zero-order valence-corrected chi connectivity index (χ0v) is 11.9. The average Bonchev–Trinajstić information content (AvgIpc) is 2.30. The molecule has 18 heavy (non-hydrogen) atoms. The van der Waals surface area contributed by atoms with E-state index in [0.29, 0.717) is 11.3 Å². The zero-order valence-electron chi connectivity index (χ0n) is 11.9. The summed E-state index contributed by atoms with van der Waals surface area (Å²) in [6, 6.07) is 3.69. The first-order valence-corrected chi connectivity index (χ1v) is 6.31. The Hall–Kier alpha value is -1.51. The lowest BCUT2D eigenvalue weighted by molar-refractivity contribution is 0.405. The molecule has 0 radical (unpaired) electrons. The fraction of sp³-hybridized carbons (Fsp3) is 0.533. The van der Waals surface area contributed by atoms with E-state index in [1.807, 2.05) is 12.1 Å². The number of ether oxygens (including phenoxy) is 1. The van der Waals surface area contributed by atoms with Gasteiger partial charge >= 0.3 is 0 Å². The summed E-state index contributed by atoms with van der Waals surface area (Å²) in [7, 11) is 1.63. The van der Waals surface area contributed by atoms with Crippen molar-refractivity contribution in [1.82, 2.24) is 0 Å². The highest BCUT2D eigenvalue weighted by molar-refractivity contribution is 5.85. The molecule has 0 heterocycles. The Kier molecular flexibility index (Phi) is 4.76. The van der Waals surface area contributed by atoms with Gasteiger partial charge in [0.1, 0.15) is 11.5 Å². The minimum absolute atomic E-state index is 0.133. The molecule has 0 fully saturated rings. The van der Waals surface area contributed by atoms with Crippen molar-refractivity contribution in [2.75, 3.05) is 13.7 Å². The van der Waals surface area contributed by atoms with Gasteiger partial charge in [0.25, 0.3) is 0 Å². The molecular weight excluding hydrogens is 226 g/mol. The number of rotatable bonds is 4. The standard InChI is InChI=1S/C15H23NO2/c1-6-7-16-10-11-8-12(18-5)9-13(14(11)17)15(2,3)4/h8-10,17H,6-7H2,1-5H3. The maximum Gasteiger partial charge on any atom is 0.128 e. The van der Waals surface area contributed by atoms with Crippen molar-refractivity contribution in [3.8, 4) is 11.5 Å². The molecule has 0 aliphatic carbocycles. The van der Waals surface area contributed by atoms with Gasteiger partial charge in [0.2, 0.25) is 0 Å². The Labute approximate surface area is 110 Å². The Morgan fingerprint density at radius 3 is 2.50 bits per heavy atom. The second-order valence-corrected chi connectivity index (χ2v) is 5.40. The van der Waals surface area contributed by atoms with E-state index in [9.17, 15) is 5.11 Å². The van der Waals surface area contributed by atoms with Gasteiger partial charge in [-0.05, 0) is 24.0 Å². The molecule has 1 rings (SSSR count). The predicted molar refractivity (Wildman–Crippen MR) is 76.1 cm³/mol. The third-order valence-electron chi connectivity index (χ3n) is 2.74. The smallest absolute Gasteiger partial charge is 0.128 e. The lowest BCUT2D eigenvalue weighted by atomic mass is 9.85. The van der Waals surface area contributed by atoms with Gasteiger partial charge in [-0.2, -0.15) is 0 Å². The summed E-state index contributed by atoms with van der Waals surface area (Å²) in [6.07, 6.45) is 2.71. The molecular formula is C15H23NO2. The SMILES string of the molecule is CCCN=Cc1cc(OC)cc(C(C)(C)C)c1O. The summed E-state index contributed by atoms with van der Waals surface area (Å²) in [5, 5.41) is 10.3. The Balaban J connectivity index is 3.25. The van der Waals surface area contributed by atoms with E-state index in [1.165, 1.54) is 0 Å². The first-order valence-electron chi connectivity index (χ1n) is 6.31. The molecule has 1 aromatic carbocycles. The van der Waals surface area contributed by atoms with Crippen LogP contribution in [0.25, 0.3) is 0 Å². The van der Waals surface area contributed by atoms with Crippen LogP contribution in [0.1, 0.15) is 45.2 Å². The Bertz CT molecular complexity index is 431. The fourth-order valence-corrected chi connectivity index (χ4v) is 1.71. The van der Waals surface area contributed by atoms with E-state index in [0.717, 1.165) is 24.3 Å². The molecule has 0 aromatic heterocycles. The molecule has 0 atom stereocenters. The van der Waals surface area contributed by atoms with Crippen LogP contribution in [0.4, 0.5) is 0 Å². The van der Waals surface area contributed by atoms with Crippen LogP contribution in [0.2, 0.25) is 0 Å². The molecule has 1 N–H and O–H groups in total. The molecule has 0 unspecified atom stereocenters. The van der Waals surface area contributed by atoms with Gasteiger partial charge in [0, 0.05) is 23.9 Å². The number of nitrogens with zero attached hydrogens (tertiary/aromatic N) is 1. The summed E-state index contributed by atoms with van der Waals surface area (Å²) >= 11 is 0. The Morgan fingerprint density at radius 2 is 2.00 bits per heavy atom.